The van der Waals surface area contributed by atoms with Crippen molar-refractivity contribution in [2.24, 2.45) is 15.7 Å². The molecule has 0 amide bonds. The molecule has 0 aromatic carbocycles. The average Bonchev–Trinajstić information content (AvgIpc) is 2.17. The topological polar surface area (TPSA) is 75.2 Å². The van der Waals surface area contributed by atoms with Crippen LogP contribution >= 0.6 is 0 Å². The zero-order valence-corrected chi connectivity index (χ0v) is 9.16. The van der Waals surface area contributed by atoms with Gasteiger partial charge in [0.05, 0.1) is 13.2 Å². The van der Waals surface area contributed by atoms with Gasteiger partial charge in [-0.25, -0.2) is 4.99 Å². The molecule has 2 rings (SSSR count). The van der Waals surface area contributed by atoms with Crippen LogP contribution in [0.1, 0.15) is 12.8 Å². The Labute approximate surface area is 89.2 Å². The smallest absolute Gasteiger partial charge is 0.225 e. The van der Waals surface area contributed by atoms with Crippen LogP contribution in [0.4, 0.5) is 0 Å². The third-order valence-electron chi connectivity index (χ3n) is 2.62. The van der Waals surface area contributed by atoms with E-state index >= 15 is 0 Å². The van der Waals surface area contributed by atoms with Crippen LogP contribution in [0.15, 0.2) is 9.98 Å². The Morgan fingerprint density at radius 3 is 2.67 bits per heavy atom. The van der Waals surface area contributed by atoms with Gasteiger partial charge >= 0.3 is 0 Å². The predicted octanol–water partition coefficient (Wildman–Crippen LogP) is -0.671. The Morgan fingerprint density at radius 2 is 2.07 bits per heavy atom. The highest BCUT2D eigenvalue weighted by Gasteiger charge is 2.35. The van der Waals surface area contributed by atoms with Crippen LogP contribution < -0.4 is 11.1 Å². The molecule has 2 aliphatic rings. The molecule has 3 N–H and O–H groups in total. The third kappa shape index (κ3) is 2.04. The van der Waals surface area contributed by atoms with Crippen molar-refractivity contribution in [1.29, 1.82) is 0 Å². The van der Waals surface area contributed by atoms with Crippen molar-refractivity contribution in [1.82, 2.24) is 10.2 Å². The van der Waals surface area contributed by atoms with Crippen molar-refractivity contribution >= 4 is 11.9 Å². The van der Waals surface area contributed by atoms with Crippen molar-refractivity contribution in [2.75, 3.05) is 27.3 Å². The van der Waals surface area contributed by atoms with Crippen LogP contribution in [0.5, 0.6) is 0 Å². The van der Waals surface area contributed by atoms with Gasteiger partial charge in [-0.1, -0.05) is 0 Å². The summed E-state index contributed by atoms with van der Waals surface area (Å²) < 4.78 is 5.32. The normalized spacial score (nSPS) is 24.1. The van der Waals surface area contributed by atoms with E-state index < -0.39 is 0 Å². The molecule has 0 unspecified atom stereocenters. The predicted molar refractivity (Wildman–Crippen MR) is 58.7 cm³/mol. The third-order valence-corrected chi connectivity index (χ3v) is 2.62. The van der Waals surface area contributed by atoms with Gasteiger partial charge in [0.2, 0.25) is 5.96 Å². The van der Waals surface area contributed by atoms with Crippen molar-refractivity contribution in [3.63, 3.8) is 0 Å². The van der Waals surface area contributed by atoms with E-state index in [0.717, 1.165) is 12.8 Å². The van der Waals surface area contributed by atoms with Crippen LogP contribution in [0.2, 0.25) is 0 Å². The van der Waals surface area contributed by atoms with Crippen LogP contribution in [-0.2, 0) is 4.74 Å². The molecule has 1 fully saturated rings. The zero-order chi connectivity index (χ0) is 10.9. The molecule has 0 atom stereocenters. The molecular formula is C9H17N5O. The van der Waals surface area contributed by atoms with Crippen molar-refractivity contribution < 1.29 is 4.74 Å². The summed E-state index contributed by atoms with van der Waals surface area (Å²) in [6.45, 7) is 1.43. The fraction of sp³-hybridized carbons (Fsp3) is 0.778. The fourth-order valence-corrected chi connectivity index (χ4v) is 1.76. The lowest BCUT2D eigenvalue weighted by molar-refractivity contribution is 0.0479. The molecule has 0 bridgehead atoms. The second-order valence-corrected chi connectivity index (χ2v) is 4.07. The molecule has 6 nitrogen and oxygen atoms in total. The number of ether oxygens (including phenoxy) is 1. The number of hydrogen-bond acceptors (Lipinski definition) is 6. The van der Waals surface area contributed by atoms with E-state index in [1.165, 1.54) is 0 Å². The molecule has 2 heterocycles. The van der Waals surface area contributed by atoms with E-state index in [1.54, 1.807) is 0 Å². The molecule has 0 aromatic rings. The highest BCUT2D eigenvalue weighted by molar-refractivity contribution is 5.96. The van der Waals surface area contributed by atoms with E-state index in [9.17, 15) is 0 Å². The van der Waals surface area contributed by atoms with Crippen LogP contribution in [0.25, 0.3) is 0 Å². The standard InChI is InChI=1S/C9H17N5O/c1-14(2)8-11-7(10)12-9(13-8)3-5-15-6-4-9/h3-6H2,1-2H3,(H3,10,11,12,13). The van der Waals surface area contributed by atoms with Gasteiger partial charge in [-0.2, -0.15) is 4.99 Å². The Hall–Kier alpha value is -1.30. The van der Waals surface area contributed by atoms with Gasteiger partial charge < -0.3 is 20.7 Å². The maximum Gasteiger partial charge on any atom is 0.225 e. The van der Waals surface area contributed by atoms with E-state index in [4.69, 9.17) is 10.5 Å². The Morgan fingerprint density at radius 1 is 1.40 bits per heavy atom. The number of nitrogens with one attached hydrogen (secondary N) is 1. The van der Waals surface area contributed by atoms with Crippen LogP contribution in [0, 0.1) is 0 Å². The largest absolute Gasteiger partial charge is 0.381 e. The maximum absolute atomic E-state index is 5.76. The minimum absolute atomic E-state index is 0.302. The first-order chi connectivity index (χ1) is 7.11. The summed E-state index contributed by atoms with van der Waals surface area (Å²) in [5.74, 6) is 1.11. The minimum Gasteiger partial charge on any atom is -0.381 e. The molecule has 84 valence electrons. The number of guanidine groups is 2. The molecule has 0 aromatic heterocycles. The van der Waals surface area contributed by atoms with Crippen molar-refractivity contribution in [3.8, 4) is 0 Å². The van der Waals surface area contributed by atoms with Crippen molar-refractivity contribution in [2.45, 2.75) is 18.5 Å². The molecule has 1 spiro atoms. The highest BCUT2D eigenvalue weighted by atomic mass is 16.5. The molecule has 6 heteroatoms. The average molecular weight is 211 g/mol. The first-order valence-corrected chi connectivity index (χ1v) is 5.09. The summed E-state index contributed by atoms with van der Waals surface area (Å²) in [5, 5.41) is 3.15. The van der Waals surface area contributed by atoms with Crippen molar-refractivity contribution in [3.05, 3.63) is 0 Å². The number of rotatable bonds is 0. The second kappa shape index (κ2) is 3.69. The minimum atomic E-state index is -0.302. The molecule has 0 radical (unpaired) electrons. The van der Waals surface area contributed by atoms with E-state index in [0.29, 0.717) is 25.1 Å². The molecule has 0 aliphatic carbocycles. The summed E-state index contributed by atoms with van der Waals surface area (Å²) in [6.07, 6.45) is 1.67. The first-order valence-electron chi connectivity index (χ1n) is 5.09. The highest BCUT2D eigenvalue weighted by Crippen LogP contribution is 2.24. The van der Waals surface area contributed by atoms with Gasteiger partial charge in [0, 0.05) is 26.9 Å². The summed E-state index contributed by atoms with van der Waals surface area (Å²) in [4.78, 5) is 10.6. The number of nitrogens with zero attached hydrogens (tertiary/aromatic N) is 3. The fourth-order valence-electron chi connectivity index (χ4n) is 1.76. The Balaban J connectivity index is 2.24. The lowest BCUT2D eigenvalue weighted by Crippen LogP contribution is -2.56. The van der Waals surface area contributed by atoms with E-state index in [2.05, 4.69) is 15.3 Å². The van der Waals surface area contributed by atoms with Crippen LogP contribution in [0.3, 0.4) is 0 Å². The summed E-state index contributed by atoms with van der Waals surface area (Å²) in [6, 6.07) is 0. The summed E-state index contributed by atoms with van der Waals surface area (Å²) in [7, 11) is 3.82. The number of aliphatic imine (C=N–C) groups is 2. The van der Waals surface area contributed by atoms with E-state index in [1.807, 2.05) is 19.0 Å². The molecule has 0 saturated carbocycles. The second-order valence-electron chi connectivity index (χ2n) is 4.07. The molecular weight excluding hydrogens is 194 g/mol. The first kappa shape index (κ1) is 10.2. The quantitative estimate of drug-likeness (QED) is 0.557. The SMILES string of the molecule is CN(C)C1=NC2(CCOCC2)NC(N)=N1. The monoisotopic (exact) mass is 211 g/mol. The van der Waals surface area contributed by atoms with Gasteiger partial charge in [-0.3, -0.25) is 0 Å². The summed E-state index contributed by atoms with van der Waals surface area (Å²) >= 11 is 0. The lowest BCUT2D eigenvalue weighted by Gasteiger charge is -2.37. The maximum atomic E-state index is 5.76. The molecule has 2 aliphatic heterocycles. The summed E-state index contributed by atoms with van der Waals surface area (Å²) in [5.41, 5.74) is 5.46. The lowest BCUT2D eigenvalue weighted by atomic mass is 10.0. The zero-order valence-electron chi connectivity index (χ0n) is 9.16. The van der Waals surface area contributed by atoms with Gasteiger partial charge in [-0.05, 0) is 0 Å². The number of hydrogen-bond donors (Lipinski definition) is 2. The molecule has 15 heavy (non-hydrogen) atoms. The van der Waals surface area contributed by atoms with Gasteiger partial charge in [0.25, 0.3) is 0 Å². The van der Waals surface area contributed by atoms with Gasteiger partial charge in [0.1, 0.15) is 5.66 Å². The number of nitrogens with two attached hydrogens (primary N) is 1. The Bertz CT molecular complexity index is 304. The Kier molecular flexibility index (Phi) is 2.52. The molecule has 1 saturated heterocycles. The van der Waals surface area contributed by atoms with Gasteiger partial charge in [-0.15, -0.1) is 0 Å². The van der Waals surface area contributed by atoms with Crippen LogP contribution in [-0.4, -0.2) is 49.8 Å². The van der Waals surface area contributed by atoms with Gasteiger partial charge in [0.15, 0.2) is 5.96 Å². The van der Waals surface area contributed by atoms with E-state index in [-0.39, 0.29) is 5.66 Å².